The summed E-state index contributed by atoms with van der Waals surface area (Å²) in [6.45, 7) is 4.49. The van der Waals surface area contributed by atoms with Crippen molar-refractivity contribution in [2.24, 2.45) is 5.92 Å². The third-order valence-electron chi connectivity index (χ3n) is 3.75. The lowest BCUT2D eigenvalue weighted by atomic mass is 9.95. The lowest BCUT2D eigenvalue weighted by Gasteiger charge is -2.18. The highest BCUT2D eigenvalue weighted by Gasteiger charge is 2.50. The zero-order valence-corrected chi connectivity index (χ0v) is 11.7. The molecule has 3 nitrogen and oxygen atoms in total. The van der Waals surface area contributed by atoms with E-state index in [0.717, 1.165) is 24.8 Å². The summed E-state index contributed by atoms with van der Waals surface area (Å²) < 4.78 is 0. The van der Waals surface area contributed by atoms with Gasteiger partial charge in [0, 0.05) is 6.54 Å². The Labute approximate surface area is 115 Å². The van der Waals surface area contributed by atoms with Crippen LogP contribution < -0.4 is 5.32 Å². The van der Waals surface area contributed by atoms with E-state index >= 15 is 0 Å². The number of hydrogen-bond acceptors (Lipinski definition) is 2. The number of carbonyl (C=O) groups is 1. The summed E-state index contributed by atoms with van der Waals surface area (Å²) in [6.07, 6.45) is 2.08. The second-order valence-corrected chi connectivity index (χ2v) is 5.94. The predicted octanol–water partition coefficient (Wildman–Crippen LogP) is 2.24. The minimum atomic E-state index is -0.449. The van der Waals surface area contributed by atoms with E-state index in [-0.39, 0.29) is 11.3 Å². The zero-order chi connectivity index (χ0) is 13.9. The molecule has 3 heteroatoms. The fourth-order valence-electron chi connectivity index (χ4n) is 2.54. The molecule has 2 N–H and O–H groups in total. The Morgan fingerprint density at radius 1 is 1.32 bits per heavy atom. The molecule has 0 spiro atoms. The number of amides is 1. The summed E-state index contributed by atoms with van der Waals surface area (Å²) in [5, 5.41) is 12.7. The first-order chi connectivity index (χ1) is 9.04. The van der Waals surface area contributed by atoms with E-state index in [1.54, 1.807) is 0 Å². The topological polar surface area (TPSA) is 49.3 Å². The normalized spacial score (nSPS) is 18.1. The van der Waals surface area contributed by atoms with Gasteiger partial charge >= 0.3 is 0 Å². The van der Waals surface area contributed by atoms with Gasteiger partial charge in [-0.15, -0.1) is 0 Å². The van der Waals surface area contributed by atoms with Crippen LogP contribution in [-0.4, -0.2) is 23.7 Å². The van der Waals surface area contributed by atoms with Crippen molar-refractivity contribution < 1.29 is 9.90 Å². The average Bonchev–Trinajstić information content (AvgIpc) is 3.18. The zero-order valence-electron chi connectivity index (χ0n) is 11.7. The summed E-state index contributed by atoms with van der Waals surface area (Å²) >= 11 is 0. The van der Waals surface area contributed by atoms with Crippen LogP contribution >= 0.6 is 0 Å². The van der Waals surface area contributed by atoms with Crippen LogP contribution in [0.5, 0.6) is 0 Å². The van der Waals surface area contributed by atoms with Crippen molar-refractivity contribution >= 4 is 5.91 Å². The number of carbonyl (C=O) groups excluding carboxylic acids is 1. The Bertz CT molecular complexity index is 424. The maximum absolute atomic E-state index is 12.3. The molecule has 19 heavy (non-hydrogen) atoms. The highest BCUT2D eigenvalue weighted by atomic mass is 16.3. The quantitative estimate of drug-likeness (QED) is 0.825. The Kier molecular flexibility index (Phi) is 4.25. The number of hydrogen-bond donors (Lipinski definition) is 2. The first-order valence-corrected chi connectivity index (χ1v) is 7.06. The van der Waals surface area contributed by atoms with E-state index in [2.05, 4.69) is 19.2 Å². The van der Waals surface area contributed by atoms with E-state index in [4.69, 9.17) is 0 Å². The van der Waals surface area contributed by atoms with Crippen LogP contribution in [0.2, 0.25) is 0 Å². The van der Waals surface area contributed by atoms with Gasteiger partial charge in [0.2, 0.25) is 5.91 Å². The van der Waals surface area contributed by atoms with Crippen molar-refractivity contribution in [3.8, 4) is 0 Å². The number of nitrogens with one attached hydrogen (secondary N) is 1. The Balaban J connectivity index is 1.90. The summed E-state index contributed by atoms with van der Waals surface area (Å²) in [7, 11) is 0. The maximum Gasteiger partial charge on any atom is 0.230 e. The first kappa shape index (κ1) is 14.1. The molecule has 0 heterocycles. The Morgan fingerprint density at radius 3 is 2.47 bits per heavy atom. The smallest absolute Gasteiger partial charge is 0.230 e. The number of benzene rings is 1. The van der Waals surface area contributed by atoms with Gasteiger partial charge in [-0.05, 0) is 30.7 Å². The van der Waals surface area contributed by atoms with Crippen LogP contribution in [0.25, 0.3) is 0 Å². The molecule has 1 amide bonds. The maximum atomic E-state index is 12.3. The molecular weight excluding hydrogens is 238 g/mol. The molecule has 1 fully saturated rings. The van der Waals surface area contributed by atoms with Gasteiger partial charge in [0.1, 0.15) is 0 Å². The van der Waals surface area contributed by atoms with Gasteiger partial charge in [-0.3, -0.25) is 4.79 Å². The average molecular weight is 261 g/mol. The van der Waals surface area contributed by atoms with E-state index in [9.17, 15) is 9.90 Å². The molecule has 1 atom stereocenters. The molecule has 1 unspecified atom stereocenters. The molecule has 1 aliphatic rings. The molecule has 0 saturated heterocycles. The summed E-state index contributed by atoms with van der Waals surface area (Å²) in [4.78, 5) is 12.3. The van der Waals surface area contributed by atoms with Gasteiger partial charge in [0.15, 0.2) is 0 Å². The van der Waals surface area contributed by atoms with Crippen molar-refractivity contribution in [1.82, 2.24) is 5.32 Å². The molecule has 1 aromatic carbocycles. The van der Waals surface area contributed by atoms with Crippen LogP contribution in [0.3, 0.4) is 0 Å². The number of aliphatic hydroxyl groups is 1. The van der Waals surface area contributed by atoms with Crippen LogP contribution in [0, 0.1) is 5.92 Å². The van der Waals surface area contributed by atoms with E-state index < -0.39 is 6.10 Å². The molecule has 1 aromatic rings. The third kappa shape index (κ3) is 3.35. The Hall–Kier alpha value is -1.35. The minimum Gasteiger partial charge on any atom is -0.391 e. The van der Waals surface area contributed by atoms with E-state index in [1.165, 1.54) is 0 Å². The second-order valence-electron chi connectivity index (χ2n) is 5.94. The lowest BCUT2D eigenvalue weighted by Crippen LogP contribution is -2.39. The molecule has 0 radical (unpaired) electrons. The van der Waals surface area contributed by atoms with Crippen LogP contribution in [0.15, 0.2) is 30.3 Å². The first-order valence-electron chi connectivity index (χ1n) is 7.06. The predicted molar refractivity (Wildman–Crippen MR) is 75.8 cm³/mol. The monoisotopic (exact) mass is 261 g/mol. The largest absolute Gasteiger partial charge is 0.391 e. The number of aliphatic hydroxyl groups excluding tert-OH is 1. The number of rotatable bonds is 6. The van der Waals surface area contributed by atoms with E-state index in [1.807, 2.05) is 30.3 Å². The summed E-state index contributed by atoms with van der Waals surface area (Å²) in [6, 6.07) is 9.92. The standard InChI is InChI=1S/C16H23NO2/c1-12(2)10-14(18)11-17-15(19)16(8-9-16)13-6-4-3-5-7-13/h3-7,12,14,18H,8-11H2,1-2H3,(H,17,19). The molecule has 0 aromatic heterocycles. The van der Waals surface area contributed by atoms with Gasteiger partial charge in [-0.2, -0.15) is 0 Å². The van der Waals surface area contributed by atoms with Crippen molar-refractivity contribution in [2.75, 3.05) is 6.54 Å². The molecule has 2 rings (SSSR count). The van der Waals surface area contributed by atoms with Crippen LogP contribution in [0.1, 0.15) is 38.7 Å². The van der Waals surface area contributed by atoms with Gasteiger partial charge in [-0.25, -0.2) is 0 Å². The van der Waals surface area contributed by atoms with Gasteiger partial charge in [0.25, 0.3) is 0 Å². The van der Waals surface area contributed by atoms with Gasteiger partial charge < -0.3 is 10.4 Å². The second kappa shape index (κ2) is 5.74. The highest BCUT2D eigenvalue weighted by Crippen LogP contribution is 2.48. The fourth-order valence-corrected chi connectivity index (χ4v) is 2.54. The molecular formula is C16H23NO2. The van der Waals surface area contributed by atoms with Crippen molar-refractivity contribution in [2.45, 2.75) is 44.6 Å². The van der Waals surface area contributed by atoms with Crippen molar-refractivity contribution in [1.29, 1.82) is 0 Å². The lowest BCUT2D eigenvalue weighted by molar-refractivity contribution is -0.124. The SMILES string of the molecule is CC(C)CC(O)CNC(=O)C1(c2ccccc2)CC1. The fraction of sp³-hybridized carbons (Fsp3) is 0.562. The highest BCUT2D eigenvalue weighted by molar-refractivity contribution is 5.91. The summed E-state index contributed by atoms with van der Waals surface area (Å²) in [5.41, 5.74) is 0.754. The molecule has 1 saturated carbocycles. The Morgan fingerprint density at radius 2 is 1.95 bits per heavy atom. The van der Waals surface area contributed by atoms with Crippen molar-refractivity contribution in [3.05, 3.63) is 35.9 Å². The van der Waals surface area contributed by atoms with Crippen molar-refractivity contribution in [3.63, 3.8) is 0 Å². The molecule has 1 aliphatic carbocycles. The molecule has 0 aliphatic heterocycles. The van der Waals surface area contributed by atoms with E-state index in [0.29, 0.717) is 12.5 Å². The summed E-state index contributed by atoms with van der Waals surface area (Å²) in [5.74, 6) is 0.498. The third-order valence-corrected chi connectivity index (χ3v) is 3.75. The molecule has 0 bridgehead atoms. The molecule has 104 valence electrons. The van der Waals surface area contributed by atoms with Crippen LogP contribution in [0.4, 0.5) is 0 Å². The van der Waals surface area contributed by atoms with Crippen LogP contribution in [-0.2, 0) is 10.2 Å². The van der Waals surface area contributed by atoms with Gasteiger partial charge in [0.05, 0.1) is 11.5 Å². The minimum absolute atomic E-state index is 0.0570. The van der Waals surface area contributed by atoms with Gasteiger partial charge in [-0.1, -0.05) is 44.2 Å².